The van der Waals surface area contributed by atoms with Gasteiger partial charge in [0.05, 0.1) is 20.6 Å². The fourth-order valence-electron chi connectivity index (χ4n) is 3.55. The first-order chi connectivity index (χ1) is 12.4. The molecule has 0 unspecified atom stereocenters. The Morgan fingerprint density at radius 1 is 0.593 bits per heavy atom. The Bertz CT molecular complexity index is 303. The summed E-state index contributed by atoms with van der Waals surface area (Å²) in [6, 6.07) is 0. The fourth-order valence-corrected chi connectivity index (χ4v) is 6.60. The van der Waals surface area contributed by atoms with Crippen molar-refractivity contribution >= 4 is 8.80 Å². The van der Waals surface area contributed by atoms with Gasteiger partial charge < -0.3 is 30.2 Å². The summed E-state index contributed by atoms with van der Waals surface area (Å²) in [4.78, 5) is 0. The van der Waals surface area contributed by atoms with Crippen molar-refractivity contribution in [3.63, 3.8) is 0 Å². The molecular weight excluding hydrogens is 378 g/mol. The molecule has 0 aromatic carbocycles. The van der Waals surface area contributed by atoms with Crippen LogP contribution in [0.1, 0.15) is 91.9 Å². The Balaban J connectivity index is 0. The Morgan fingerprint density at radius 3 is 1.33 bits per heavy atom. The Hall–Kier alpha value is 0.347. The van der Waals surface area contributed by atoms with Crippen molar-refractivity contribution in [2.75, 3.05) is 46.6 Å². The molecule has 0 aromatic rings. The summed E-state index contributed by atoms with van der Waals surface area (Å²) < 4.78 is 19.0. The Kier molecular flexibility index (Phi) is 20.1. The van der Waals surface area contributed by atoms with Gasteiger partial charge in [-0.15, -0.1) is 0 Å². The van der Waals surface area contributed by atoms with Gasteiger partial charge in [-0.2, -0.15) is 0 Å². The number of quaternary nitrogens is 1. The first-order valence-electron chi connectivity index (χ1n) is 11.2. The van der Waals surface area contributed by atoms with Crippen molar-refractivity contribution in [1.82, 2.24) is 0 Å². The van der Waals surface area contributed by atoms with Crippen molar-refractivity contribution in [2.45, 2.75) is 91.9 Å². The largest absolute Gasteiger partial charge is 1.00 e. The van der Waals surface area contributed by atoms with Crippen LogP contribution in [0, 0.1) is 0 Å². The average molecular weight is 426 g/mol. The maximum atomic E-state index is 6.02. The molecule has 0 atom stereocenters. The van der Waals surface area contributed by atoms with E-state index in [1.165, 1.54) is 70.8 Å². The predicted octanol–water partition coefficient (Wildman–Crippen LogP) is 2.58. The van der Waals surface area contributed by atoms with E-state index in [0.717, 1.165) is 10.7 Å². The summed E-state index contributed by atoms with van der Waals surface area (Å²) in [5, 5.41) is 0. The number of halogens is 1. The lowest BCUT2D eigenvalue weighted by Crippen LogP contribution is -3.00. The summed E-state index contributed by atoms with van der Waals surface area (Å²) >= 11 is 0. The molecule has 4 nitrogen and oxygen atoms in total. The van der Waals surface area contributed by atoms with E-state index in [9.17, 15) is 0 Å². The predicted molar refractivity (Wildman–Crippen MR) is 114 cm³/mol. The molecule has 0 fully saturated rings. The SMILES string of the molecule is CCCCCCCCCCCC[N+](C)(C)C[Si](OCC)(OCC)OCC.[Cl-]. The van der Waals surface area contributed by atoms with E-state index in [2.05, 4.69) is 21.0 Å². The lowest BCUT2D eigenvalue weighted by atomic mass is 10.1. The van der Waals surface area contributed by atoms with Crippen LogP contribution in [-0.4, -0.2) is 59.9 Å². The minimum Gasteiger partial charge on any atom is -1.00 e. The second-order valence-electron chi connectivity index (χ2n) is 7.98. The zero-order valence-electron chi connectivity index (χ0n) is 19.2. The highest BCUT2D eigenvalue weighted by molar-refractivity contribution is 6.60. The van der Waals surface area contributed by atoms with Gasteiger partial charge in [-0.3, -0.25) is 0 Å². The minimum atomic E-state index is -2.56. The molecule has 0 amide bonds. The summed E-state index contributed by atoms with van der Waals surface area (Å²) in [5.41, 5.74) is 0. The van der Waals surface area contributed by atoms with Crippen LogP contribution in [0.4, 0.5) is 0 Å². The second-order valence-corrected chi connectivity index (χ2v) is 10.5. The van der Waals surface area contributed by atoms with Gasteiger partial charge in [0.1, 0.15) is 6.17 Å². The third-order valence-electron chi connectivity index (χ3n) is 4.83. The highest BCUT2D eigenvalue weighted by Gasteiger charge is 2.47. The average Bonchev–Trinajstić information content (AvgIpc) is 2.57. The maximum Gasteiger partial charge on any atom is 0.559 e. The number of rotatable bonds is 19. The Morgan fingerprint density at radius 2 is 0.963 bits per heavy atom. The van der Waals surface area contributed by atoms with E-state index in [4.69, 9.17) is 13.3 Å². The van der Waals surface area contributed by atoms with Crippen LogP contribution in [0.2, 0.25) is 0 Å². The van der Waals surface area contributed by atoms with Crippen LogP contribution in [-0.2, 0) is 13.3 Å². The smallest absolute Gasteiger partial charge is 0.559 e. The van der Waals surface area contributed by atoms with Gasteiger partial charge in [0, 0.05) is 19.8 Å². The van der Waals surface area contributed by atoms with Crippen LogP contribution in [0.25, 0.3) is 0 Å². The summed E-state index contributed by atoms with van der Waals surface area (Å²) in [5.74, 6) is 0. The molecule has 0 N–H and O–H groups in total. The monoisotopic (exact) mass is 425 g/mol. The normalized spacial score (nSPS) is 12.2. The summed E-state index contributed by atoms with van der Waals surface area (Å²) in [6.07, 6.45) is 14.7. The minimum absolute atomic E-state index is 0. The first kappa shape index (κ1) is 29.5. The molecule has 0 rings (SSSR count). The summed E-state index contributed by atoms with van der Waals surface area (Å²) in [6.45, 7) is 11.5. The van der Waals surface area contributed by atoms with Crippen LogP contribution >= 0.6 is 0 Å². The van der Waals surface area contributed by atoms with E-state index in [1.807, 2.05) is 20.8 Å². The fraction of sp³-hybridized carbons (Fsp3) is 1.00. The molecular formula is C21H48ClNO3Si. The standard InChI is InChI=1S/C21H48NO3Si.ClH/c1-7-11-12-13-14-15-16-17-18-19-20-22(5,6)21-26(23-8-2,24-9-3)25-10-4;/h7-21H2,1-6H3;1H/q+1;/p-1. The molecule has 0 heterocycles. The lowest BCUT2D eigenvalue weighted by Gasteiger charge is -2.37. The van der Waals surface area contributed by atoms with Gasteiger partial charge >= 0.3 is 8.80 Å². The van der Waals surface area contributed by atoms with E-state index >= 15 is 0 Å². The van der Waals surface area contributed by atoms with Gasteiger partial charge in [0.25, 0.3) is 0 Å². The molecule has 166 valence electrons. The molecule has 0 bridgehead atoms. The number of unbranched alkanes of at least 4 members (excludes halogenated alkanes) is 9. The third kappa shape index (κ3) is 15.9. The van der Waals surface area contributed by atoms with Crippen molar-refractivity contribution < 1.29 is 30.2 Å². The van der Waals surface area contributed by atoms with Gasteiger partial charge in [-0.05, 0) is 33.6 Å². The molecule has 0 radical (unpaired) electrons. The molecule has 0 spiro atoms. The van der Waals surface area contributed by atoms with Crippen LogP contribution < -0.4 is 12.4 Å². The van der Waals surface area contributed by atoms with E-state index < -0.39 is 8.80 Å². The zero-order valence-corrected chi connectivity index (χ0v) is 20.9. The van der Waals surface area contributed by atoms with Gasteiger partial charge in [0.2, 0.25) is 0 Å². The van der Waals surface area contributed by atoms with Gasteiger partial charge in [-0.25, -0.2) is 0 Å². The molecule has 0 aliphatic carbocycles. The van der Waals surface area contributed by atoms with Crippen LogP contribution in [0.3, 0.4) is 0 Å². The first-order valence-corrected chi connectivity index (χ1v) is 13.1. The quantitative estimate of drug-likeness (QED) is 0.181. The Labute approximate surface area is 177 Å². The zero-order chi connectivity index (χ0) is 19.7. The van der Waals surface area contributed by atoms with Crippen LogP contribution in [0.15, 0.2) is 0 Å². The highest BCUT2D eigenvalue weighted by Crippen LogP contribution is 2.17. The molecule has 0 aliphatic heterocycles. The third-order valence-corrected chi connectivity index (χ3v) is 8.26. The second kappa shape index (κ2) is 18.4. The van der Waals surface area contributed by atoms with Gasteiger partial charge in [-0.1, -0.05) is 58.3 Å². The number of hydrogen-bond donors (Lipinski definition) is 0. The lowest BCUT2D eigenvalue weighted by molar-refractivity contribution is -0.883. The van der Waals surface area contributed by atoms with Crippen LogP contribution in [0.5, 0.6) is 0 Å². The van der Waals surface area contributed by atoms with Crippen molar-refractivity contribution in [1.29, 1.82) is 0 Å². The molecule has 0 saturated carbocycles. The van der Waals surface area contributed by atoms with Gasteiger partial charge in [0.15, 0.2) is 0 Å². The molecule has 27 heavy (non-hydrogen) atoms. The topological polar surface area (TPSA) is 27.7 Å². The maximum absolute atomic E-state index is 6.02. The molecule has 6 heteroatoms. The van der Waals surface area contributed by atoms with Crippen molar-refractivity contribution in [3.8, 4) is 0 Å². The van der Waals surface area contributed by atoms with E-state index in [1.54, 1.807) is 0 Å². The number of nitrogens with zero attached hydrogens (tertiary/aromatic N) is 1. The van der Waals surface area contributed by atoms with E-state index in [0.29, 0.717) is 19.8 Å². The molecule has 0 saturated heterocycles. The van der Waals surface area contributed by atoms with Crippen molar-refractivity contribution in [2.24, 2.45) is 0 Å². The highest BCUT2D eigenvalue weighted by atomic mass is 35.5. The molecule has 0 aliphatic rings. The summed E-state index contributed by atoms with van der Waals surface area (Å²) in [7, 11) is 2.01. The molecule has 0 aromatic heterocycles. The van der Waals surface area contributed by atoms with E-state index in [-0.39, 0.29) is 12.4 Å². The van der Waals surface area contributed by atoms with Crippen molar-refractivity contribution in [3.05, 3.63) is 0 Å². The number of hydrogen-bond acceptors (Lipinski definition) is 3.